The second-order valence-electron chi connectivity index (χ2n) is 8.36. The van der Waals surface area contributed by atoms with Gasteiger partial charge >= 0.3 is 0 Å². The van der Waals surface area contributed by atoms with Crippen molar-refractivity contribution >= 4 is 0 Å². The van der Waals surface area contributed by atoms with Gasteiger partial charge in [-0.05, 0) is 68.3 Å². The van der Waals surface area contributed by atoms with Crippen LogP contribution in [0.2, 0.25) is 0 Å². The second kappa shape index (κ2) is 8.38. The third kappa shape index (κ3) is 3.96. The minimum Gasteiger partial charge on any atom is -0.493 e. The average molecular weight is 375 g/mol. The number of rotatable bonds is 5. The fourth-order valence-electron chi connectivity index (χ4n) is 5.22. The van der Waals surface area contributed by atoms with Gasteiger partial charge in [-0.1, -0.05) is 0 Å². The maximum Gasteiger partial charge on any atom is 0.161 e. The molecule has 3 atom stereocenters. The second-order valence-corrected chi connectivity index (χ2v) is 8.36. The van der Waals surface area contributed by atoms with E-state index < -0.39 is 0 Å². The highest BCUT2D eigenvalue weighted by atomic mass is 16.5. The highest BCUT2D eigenvalue weighted by molar-refractivity contribution is 5.49. The Morgan fingerprint density at radius 2 is 1.93 bits per heavy atom. The summed E-state index contributed by atoms with van der Waals surface area (Å²) >= 11 is 0. The van der Waals surface area contributed by atoms with Crippen molar-refractivity contribution in [1.82, 2.24) is 9.80 Å². The van der Waals surface area contributed by atoms with Crippen LogP contribution in [0.25, 0.3) is 0 Å². The fourth-order valence-corrected chi connectivity index (χ4v) is 5.22. The molecule has 0 amide bonds. The Morgan fingerprint density at radius 3 is 2.67 bits per heavy atom. The van der Waals surface area contributed by atoms with E-state index in [0.717, 1.165) is 43.6 Å². The normalized spacial score (nSPS) is 29.5. The quantitative estimate of drug-likeness (QED) is 0.791. The lowest BCUT2D eigenvalue weighted by Crippen LogP contribution is -2.51. The van der Waals surface area contributed by atoms with Crippen LogP contribution in [0.5, 0.6) is 11.5 Å². The first-order valence-electron chi connectivity index (χ1n) is 10.5. The largest absolute Gasteiger partial charge is 0.493 e. The summed E-state index contributed by atoms with van der Waals surface area (Å²) in [5, 5.41) is 0. The first-order chi connectivity index (χ1) is 13.2. The third-order valence-corrected chi connectivity index (χ3v) is 6.72. The molecule has 3 heterocycles. The van der Waals surface area contributed by atoms with Gasteiger partial charge in [-0.15, -0.1) is 0 Å². The van der Waals surface area contributed by atoms with Crippen molar-refractivity contribution < 1.29 is 14.2 Å². The van der Waals surface area contributed by atoms with Gasteiger partial charge < -0.3 is 19.1 Å². The van der Waals surface area contributed by atoms with Crippen LogP contribution in [-0.2, 0) is 11.2 Å². The van der Waals surface area contributed by atoms with Gasteiger partial charge in [0.1, 0.15) is 0 Å². The lowest BCUT2D eigenvalue weighted by Gasteiger charge is -2.45. The molecule has 0 spiro atoms. The van der Waals surface area contributed by atoms with Crippen molar-refractivity contribution in [2.24, 2.45) is 5.92 Å². The SMILES string of the molecule is COc1cc2c(cc1OC)C(C)N(C1CCCN(CC3CCOC3)C1)CC2. The predicted octanol–water partition coefficient (Wildman–Crippen LogP) is 3.12. The summed E-state index contributed by atoms with van der Waals surface area (Å²) in [6.07, 6.45) is 4.94. The van der Waals surface area contributed by atoms with Gasteiger partial charge in [-0.25, -0.2) is 0 Å². The van der Waals surface area contributed by atoms with Crippen molar-refractivity contribution in [3.05, 3.63) is 23.3 Å². The highest BCUT2D eigenvalue weighted by Gasteiger charge is 2.33. The first-order valence-corrected chi connectivity index (χ1v) is 10.5. The zero-order chi connectivity index (χ0) is 18.8. The molecule has 0 saturated carbocycles. The number of ether oxygens (including phenoxy) is 3. The first kappa shape index (κ1) is 19.0. The Labute approximate surface area is 163 Å². The molecule has 2 saturated heterocycles. The van der Waals surface area contributed by atoms with Gasteiger partial charge in [0.25, 0.3) is 0 Å². The topological polar surface area (TPSA) is 34.2 Å². The summed E-state index contributed by atoms with van der Waals surface area (Å²) in [5.41, 5.74) is 2.81. The molecule has 0 aliphatic carbocycles. The summed E-state index contributed by atoms with van der Waals surface area (Å²) in [4.78, 5) is 5.41. The minimum atomic E-state index is 0.424. The molecular weight excluding hydrogens is 340 g/mol. The number of likely N-dealkylation sites (tertiary alicyclic amines) is 1. The van der Waals surface area contributed by atoms with E-state index in [4.69, 9.17) is 14.2 Å². The van der Waals surface area contributed by atoms with E-state index in [2.05, 4.69) is 28.9 Å². The van der Waals surface area contributed by atoms with Gasteiger partial charge in [0.15, 0.2) is 11.5 Å². The molecule has 0 radical (unpaired) electrons. The van der Waals surface area contributed by atoms with Crippen LogP contribution >= 0.6 is 0 Å². The van der Waals surface area contributed by atoms with Gasteiger partial charge in [0.2, 0.25) is 0 Å². The number of nitrogens with zero attached hydrogens (tertiary/aromatic N) is 2. The van der Waals surface area contributed by atoms with Crippen molar-refractivity contribution in [2.75, 3.05) is 53.6 Å². The Morgan fingerprint density at radius 1 is 1.11 bits per heavy atom. The van der Waals surface area contributed by atoms with Gasteiger partial charge in [-0.2, -0.15) is 0 Å². The third-order valence-electron chi connectivity index (χ3n) is 6.72. The number of hydrogen-bond acceptors (Lipinski definition) is 5. The molecule has 4 rings (SSSR count). The number of methoxy groups -OCH3 is 2. The number of fused-ring (bicyclic) bond motifs is 1. The lowest BCUT2D eigenvalue weighted by atomic mass is 9.90. The van der Waals surface area contributed by atoms with Crippen LogP contribution in [0.15, 0.2) is 12.1 Å². The van der Waals surface area contributed by atoms with Crippen LogP contribution < -0.4 is 9.47 Å². The Kier molecular flexibility index (Phi) is 5.90. The zero-order valence-corrected chi connectivity index (χ0v) is 17.1. The van der Waals surface area contributed by atoms with Crippen LogP contribution in [0.1, 0.15) is 43.4 Å². The minimum absolute atomic E-state index is 0.424. The Balaban J connectivity index is 1.46. The molecule has 0 aromatic heterocycles. The molecule has 3 aliphatic rings. The molecule has 3 unspecified atom stereocenters. The summed E-state index contributed by atoms with van der Waals surface area (Å²) < 4.78 is 16.6. The van der Waals surface area contributed by atoms with Crippen LogP contribution in [0.3, 0.4) is 0 Å². The number of hydrogen-bond donors (Lipinski definition) is 0. The van der Waals surface area contributed by atoms with E-state index in [0.29, 0.717) is 12.1 Å². The average Bonchev–Trinajstić information content (AvgIpc) is 3.20. The van der Waals surface area contributed by atoms with E-state index in [9.17, 15) is 0 Å². The molecule has 0 N–H and O–H groups in total. The smallest absolute Gasteiger partial charge is 0.161 e. The Bertz CT molecular complexity index is 645. The zero-order valence-electron chi connectivity index (χ0n) is 17.1. The number of benzene rings is 1. The monoisotopic (exact) mass is 374 g/mol. The van der Waals surface area contributed by atoms with E-state index >= 15 is 0 Å². The van der Waals surface area contributed by atoms with Crippen molar-refractivity contribution in [1.29, 1.82) is 0 Å². The Hall–Kier alpha value is -1.30. The molecule has 1 aromatic carbocycles. The molecule has 5 nitrogen and oxygen atoms in total. The van der Waals surface area contributed by atoms with E-state index in [1.165, 1.54) is 50.0 Å². The molecule has 150 valence electrons. The maximum absolute atomic E-state index is 5.58. The molecule has 27 heavy (non-hydrogen) atoms. The van der Waals surface area contributed by atoms with Crippen LogP contribution in [-0.4, -0.2) is 69.5 Å². The van der Waals surface area contributed by atoms with Gasteiger partial charge in [0.05, 0.1) is 20.8 Å². The molecule has 0 bridgehead atoms. The van der Waals surface area contributed by atoms with Crippen molar-refractivity contribution in [3.8, 4) is 11.5 Å². The summed E-state index contributed by atoms with van der Waals surface area (Å²) in [6.45, 7) is 9.05. The predicted molar refractivity (Wildman–Crippen MR) is 107 cm³/mol. The standard InChI is InChI=1S/C22H34N2O3/c1-16-20-12-22(26-3)21(25-2)11-18(20)6-9-24(16)19-5-4-8-23(14-19)13-17-7-10-27-15-17/h11-12,16-17,19H,4-10,13-15H2,1-3H3. The lowest BCUT2D eigenvalue weighted by molar-refractivity contribution is 0.0558. The maximum atomic E-state index is 5.58. The summed E-state index contributed by atoms with van der Waals surface area (Å²) in [6, 6.07) is 5.45. The molecule has 1 aromatic rings. The van der Waals surface area contributed by atoms with Crippen molar-refractivity contribution in [2.45, 2.75) is 44.7 Å². The molecule has 3 aliphatic heterocycles. The van der Waals surface area contributed by atoms with Crippen LogP contribution in [0.4, 0.5) is 0 Å². The highest BCUT2D eigenvalue weighted by Crippen LogP contribution is 2.39. The molecule has 5 heteroatoms. The van der Waals surface area contributed by atoms with Gasteiger partial charge in [-0.3, -0.25) is 4.90 Å². The van der Waals surface area contributed by atoms with Crippen molar-refractivity contribution in [3.63, 3.8) is 0 Å². The van der Waals surface area contributed by atoms with Crippen LogP contribution in [0, 0.1) is 5.92 Å². The number of piperidine rings is 1. The van der Waals surface area contributed by atoms with E-state index in [1.807, 2.05) is 0 Å². The molecular formula is C22H34N2O3. The molecule has 2 fully saturated rings. The van der Waals surface area contributed by atoms with E-state index in [-0.39, 0.29) is 0 Å². The fraction of sp³-hybridized carbons (Fsp3) is 0.727. The van der Waals surface area contributed by atoms with E-state index in [1.54, 1.807) is 14.2 Å². The summed E-state index contributed by atoms with van der Waals surface area (Å²) in [5.74, 6) is 2.43. The van der Waals surface area contributed by atoms with Gasteiger partial charge in [0, 0.05) is 38.3 Å². The summed E-state index contributed by atoms with van der Waals surface area (Å²) in [7, 11) is 3.44.